The molecule has 37 heavy (non-hydrogen) atoms. The van der Waals surface area contributed by atoms with Crippen LogP contribution < -0.4 is 21.0 Å². The van der Waals surface area contributed by atoms with Gasteiger partial charge in [-0.25, -0.2) is 0 Å². The second-order valence-electron chi connectivity index (χ2n) is 10.7. The first kappa shape index (κ1) is 25.7. The molecule has 3 amide bonds. The maximum atomic E-state index is 13.1. The number of carbonyl (C=O) groups excluding carboxylic acids is 3. The molecule has 0 spiro atoms. The molecule has 188 valence electrons. The molecule has 1 atom stereocenters. The Morgan fingerprint density at radius 1 is 1.08 bits per heavy atom. The number of hydrogen-bond acceptors (Lipinski definition) is 6. The second kappa shape index (κ2) is 10.1. The van der Waals surface area contributed by atoms with Crippen molar-refractivity contribution in [3.8, 4) is 5.75 Å². The minimum absolute atomic E-state index is 0.0991. The summed E-state index contributed by atoms with van der Waals surface area (Å²) in [5.74, 6) is -0.252. The lowest BCUT2D eigenvalue weighted by Crippen LogP contribution is -2.54. The number of piperidine rings is 1. The van der Waals surface area contributed by atoms with Gasteiger partial charge in [-0.3, -0.25) is 19.7 Å². The second-order valence-corrected chi connectivity index (χ2v) is 10.7. The summed E-state index contributed by atoms with van der Waals surface area (Å²) in [7, 11) is 8.81. The molecule has 1 N–H and O–H groups in total. The summed E-state index contributed by atoms with van der Waals surface area (Å²) in [5, 5.41) is 2.25. The summed E-state index contributed by atoms with van der Waals surface area (Å²) in [4.78, 5) is 41.1. The Morgan fingerprint density at radius 3 is 2.57 bits per heavy atom. The van der Waals surface area contributed by atoms with Gasteiger partial charge < -0.3 is 19.3 Å². The smallest absolute Gasteiger partial charge is 0.255 e. The highest BCUT2D eigenvalue weighted by Crippen LogP contribution is 2.34. The van der Waals surface area contributed by atoms with E-state index in [9.17, 15) is 14.4 Å². The third-order valence-electron chi connectivity index (χ3n) is 8.07. The molecular weight excluding hydrogens is 466 g/mol. The van der Waals surface area contributed by atoms with E-state index in [0.29, 0.717) is 30.9 Å². The molecule has 2 aromatic rings. The molecule has 0 aliphatic carbocycles. The Kier molecular flexibility index (Phi) is 6.98. The summed E-state index contributed by atoms with van der Waals surface area (Å²) < 4.78 is 11.8. The van der Waals surface area contributed by atoms with Gasteiger partial charge in [-0.2, -0.15) is 0 Å². The van der Waals surface area contributed by atoms with E-state index in [1.807, 2.05) is 12.1 Å². The summed E-state index contributed by atoms with van der Waals surface area (Å²) in [6, 6.07) is 9.29. The molecule has 12 heteroatoms. The molecule has 2 aromatic carbocycles. The molecular formula is C25H31B4N3O5. The summed E-state index contributed by atoms with van der Waals surface area (Å²) >= 11 is 0. The number of benzene rings is 2. The zero-order chi connectivity index (χ0) is 26.3. The molecule has 5 rings (SSSR count). The third kappa shape index (κ3) is 4.84. The number of nitrogens with zero attached hydrogens (tertiary/aromatic N) is 2. The number of nitrogens with one attached hydrogen (secondary N) is 1. The molecule has 1 unspecified atom stereocenters. The van der Waals surface area contributed by atoms with Gasteiger partial charge in [0.2, 0.25) is 11.8 Å². The Hall–Kier alpha value is -2.97. The SMILES string of the molecule is Bc1cc(C(B)(B)N2CCOCC2)c(B)cc1COc1cccc2c1CN(C1CCC(=O)NC1=O)C2=O. The number of ether oxygens (including phenoxy) is 2. The summed E-state index contributed by atoms with van der Waals surface area (Å²) in [6.45, 7) is 4.04. The fourth-order valence-corrected chi connectivity index (χ4v) is 5.83. The first-order valence-corrected chi connectivity index (χ1v) is 13.0. The van der Waals surface area contributed by atoms with Crippen molar-refractivity contribution in [2.24, 2.45) is 0 Å². The molecule has 3 heterocycles. The predicted molar refractivity (Wildman–Crippen MR) is 151 cm³/mol. The highest BCUT2D eigenvalue weighted by molar-refractivity contribution is 6.44. The number of morpholine rings is 1. The highest BCUT2D eigenvalue weighted by atomic mass is 16.5. The minimum Gasteiger partial charge on any atom is -0.489 e. The topological polar surface area (TPSA) is 88.2 Å². The Labute approximate surface area is 221 Å². The predicted octanol–water partition coefficient (Wildman–Crippen LogP) is -3.75. The molecule has 2 fully saturated rings. The lowest BCUT2D eigenvalue weighted by atomic mass is 9.54. The number of imide groups is 1. The van der Waals surface area contributed by atoms with Crippen molar-refractivity contribution < 1.29 is 23.9 Å². The monoisotopic (exact) mass is 497 g/mol. The molecule has 0 aromatic heterocycles. The number of hydrogen-bond donors (Lipinski definition) is 1. The summed E-state index contributed by atoms with van der Waals surface area (Å²) in [6.07, 6.45) is 0.572. The largest absolute Gasteiger partial charge is 0.489 e. The lowest BCUT2D eigenvalue weighted by Gasteiger charge is -2.43. The van der Waals surface area contributed by atoms with Gasteiger partial charge in [0.1, 0.15) is 49.8 Å². The van der Waals surface area contributed by atoms with Crippen molar-refractivity contribution in [1.29, 1.82) is 0 Å². The van der Waals surface area contributed by atoms with Gasteiger partial charge in [0.25, 0.3) is 5.91 Å². The van der Waals surface area contributed by atoms with Crippen LogP contribution >= 0.6 is 0 Å². The highest BCUT2D eigenvalue weighted by Gasteiger charge is 2.40. The molecule has 3 aliphatic rings. The van der Waals surface area contributed by atoms with Crippen LogP contribution in [0.25, 0.3) is 0 Å². The van der Waals surface area contributed by atoms with E-state index in [4.69, 9.17) is 9.47 Å². The van der Waals surface area contributed by atoms with Crippen molar-refractivity contribution in [1.82, 2.24) is 15.1 Å². The number of amides is 3. The van der Waals surface area contributed by atoms with Crippen LogP contribution in [0.2, 0.25) is 0 Å². The average Bonchev–Trinajstić information content (AvgIpc) is 3.21. The van der Waals surface area contributed by atoms with Crippen molar-refractivity contribution in [3.63, 3.8) is 0 Å². The normalized spacial score (nSPS) is 20.6. The van der Waals surface area contributed by atoms with E-state index in [1.54, 1.807) is 11.0 Å². The van der Waals surface area contributed by atoms with Crippen LogP contribution in [0.1, 0.15) is 39.9 Å². The van der Waals surface area contributed by atoms with Crippen LogP contribution in [-0.2, 0) is 32.8 Å². The first-order valence-electron chi connectivity index (χ1n) is 13.0. The van der Waals surface area contributed by atoms with Crippen molar-refractivity contribution in [3.05, 3.63) is 52.6 Å². The van der Waals surface area contributed by atoms with E-state index in [1.165, 1.54) is 11.0 Å². The molecule has 3 aliphatic heterocycles. The quantitative estimate of drug-likeness (QED) is 0.327. The molecule has 8 nitrogen and oxygen atoms in total. The molecule has 0 bridgehead atoms. The lowest BCUT2D eigenvalue weighted by molar-refractivity contribution is -0.136. The van der Waals surface area contributed by atoms with Gasteiger partial charge in [0, 0.05) is 30.6 Å². The van der Waals surface area contributed by atoms with E-state index < -0.39 is 11.9 Å². The number of carbonyl (C=O) groups is 3. The van der Waals surface area contributed by atoms with Crippen LogP contribution in [0.3, 0.4) is 0 Å². The van der Waals surface area contributed by atoms with Crippen LogP contribution in [0.5, 0.6) is 5.75 Å². The minimum atomic E-state index is -0.641. The van der Waals surface area contributed by atoms with E-state index >= 15 is 0 Å². The maximum Gasteiger partial charge on any atom is 0.255 e. The van der Waals surface area contributed by atoms with Crippen LogP contribution in [0.4, 0.5) is 0 Å². The van der Waals surface area contributed by atoms with Gasteiger partial charge in [-0.05, 0) is 29.5 Å². The van der Waals surface area contributed by atoms with Gasteiger partial charge in [0.05, 0.1) is 19.8 Å². The van der Waals surface area contributed by atoms with Crippen LogP contribution in [-0.4, -0.2) is 91.3 Å². The summed E-state index contributed by atoms with van der Waals surface area (Å²) in [5.41, 5.74) is 6.13. The fraction of sp³-hybridized carbons (Fsp3) is 0.400. The van der Waals surface area contributed by atoms with Crippen molar-refractivity contribution in [2.75, 3.05) is 26.3 Å². The van der Waals surface area contributed by atoms with E-state index in [-0.39, 0.29) is 23.6 Å². The molecule has 0 radical (unpaired) electrons. The number of rotatable bonds is 6. The van der Waals surface area contributed by atoms with E-state index in [2.05, 4.69) is 53.7 Å². The standard InChI is InChI=1S/C25H31B4N3O5/c26-18-11-17(25(28,29)31-6-8-36-9-7-31)19(27)10-14(18)13-37-21-3-1-2-15-16(21)12-32(24(15)35)20-4-5-22(33)30-23(20)34/h1-3,10-11,20H,4-9,12-13,26-29H2,(H,30,33,34). The van der Waals surface area contributed by atoms with Gasteiger partial charge in [-0.1, -0.05) is 34.7 Å². The third-order valence-corrected chi connectivity index (χ3v) is 8.07. The van der Waals surface area contributed by atoms with Gasteiger partial charge in [-0.15, -0.1) is 0 Å². The van der Waals surface area contributed by atoms with Crippen molar-refractivity contribution in [2.45, 2.75) is 37.4 Å². The Morgan fingerprint density at radius 2 is 1.84 bits per heavy atom. The van der Waals surface area contributed by atoms with Crippen LogP contribution in [0, 0.1) is 0 Å². The van der Waals surface area contributed by atoms with Gasteiger partial charge >= 0.3 is 0 Å². The Balaban J connectivity index is 1.33. The zero-order valence-corrected chi connectivity index (χ0v) is 22.1. The Bertz CT molecular complexity index is 1270. The first-order chi connectivity index (χ1) is 17.7. The van der Waals surface area contributed by atoms with Crippen LogP contribution in [0.15, 0.2) is 30.3 Å². The number of fused-ring (bicyclic) bond motifs is 1. The maximum absolute atomic E-state index is 13.1. The molecule has 2 saturated heterocycles. The zero-order valence-electron chi connectivity index (χ0n) is 22.1. The molecule has 0 saturated carbocycles. The van der Waals surface area contributed by atoms with Crippen molar-refractivity contribution >= 4 is 60.0 Å². The van der Waals surface area contributed by atoms with Gasteiger partial charge in [0.15, 0.2) is 0 Å². The van der Waals surface area contributed by atoms with E-state index in [0.717, 1.165) is 42.9 Å². The average molecular weight is 497 g/mol. The fourth-order valence-electron chi connectivity index (χ4n) is 5.83.